The van der Waals surface area contributed by atoms with E-state index in [2.05, 4.69) is 24.3 Å². The molecule has 2 aliphatic carbocycles. The molecule has 1 fully saturated rings. The summed E-state index contributed by atoms with van der Waals surface area (Å²) in [5.41, 5.74) is 0.746. The Kier molecular flexibility index (Phi) is 7.97. The molecule has 29 heavy (non-hydrogen) atoms. The van der Waals surface area contributed by atoms with Gasteiger partial charge >= 0.3 is 5.97 Å². The van der Waals surface area contributed by atoms with E-state index in [-0.39, 0.29) is 24.7 Å². The van der Waals surface area contributed by atoms with Crippen LogP contribution in [0, 0.1) is 23.7 Å². The summed E-state index contributed by atoms with van der Waals surface area (Å²) in [6.07, 6.45) is 13.8. The highest BCUT2D eigenvalue weighted by atomic mass is 35.5. The predicted molar refractivity (Wildman–Crippen MR) is 117 cm³/mol. The third-order valence-electron chi connectivity index (χ3n) is 6.15. The first-order valence-electron chi connectivity index (χ1n) is 10.5. The molecule has 2 aliphatic rings. The lowest BCUT2D eigenvalue weighted by Crippen LogP contribution is -2.35. The molecule has 0 saturated heterocycles. The second kappa shape index (κ2) is 10.4. The predicted octanol–water partition coefficient (Wildman–Crippen LogP) is 6.22. The molecule has 1 saturated carbocycles. The Morgan fingerprint density at radius 1 is 1.14 bits per heavy atom. The fourth-order valence-corrected chi connectivity index (χ4v) is 5.00. The summed E-state index contributed by atoms with van der Waals surface area (Å²) in [6, 6.07) is 5.15. The standard InChI is InChI=1S/C24H28Cl2O3/c1-2-29-24(28)21(14-19-12-13-20(25)15-22(19)26)23(27)18-10-8-17(9-11-18)16-6-4-3-5-7-16/h3-6,12-13,15-18,21H,2,7-11,14H2,1H3. The number of halogens is 2. The molecule has 2 unspecified atom stereocenters. The molecule has 0 bridgehead atoms. The van der Waals surface area contributed by atoms with Gasteiger partial charge in [-0.3, -0.25) is 9.59 Å². The van der Waals surface area contributed by atoms with Crippen molar-refractivity contribution in [2.45, 2.75) is 45.4 Å². The number of carbonyl (C=O) groups is 2. The van der Waals surface area contributed by atoms with E-state index in [0.717, 1.165) is 37.7 Å². The van der Waals surface area contributed by atoms with E-state index in [9.17, 15) is 9.59 Å². The van der Waals surface area contributed by atoms with E-state index in [0.29, 0.717) is 21.9 Å². The third-order valence-corrected chi connectivity index (χ3v) is 6.73. The fraction of sp³-hybridized carbons (Fsp3) is 0.500. The van der Waals surface area contributed by atoms with E-state index in [1.807, 2.05) is 0 Å². The Morgan fingerprint density at radius 2 is 1.90 bits per heavy atom. The van der Waals surface area contributed by atoms with Gasteiger partial charge < -0.3 is 4.74 Å². The number of allylic oxidation sites excluding steroid dienone is 4. The lowest BCUT2D eigenvalue weighted by atomic mass is 9.71. The van der Waals surface area contributed by atoms with Crippen molar-refractivity contribution in [3.63, 3.8) is 0 Å². The van der Waals surface area contributed by atoms with E-state index >= 15 is 0 Å². The van der Waals surface area contributed by atoms with Crippen molar-refractivity contribution < 1.29 is 14.3 Å². The molecule has 0 N–H and O–H groups in total. The maximum absolute atomic E-state index is 13.3. The van der Waals surface area contributed by atoms with Crippen molar-refractivity contribution in [3.05, 3.63) is 58.1 Å². The van der Waals surface area contributed by atoms with E-state index in [4.69, 9.17) is 27.9 Å². The van der Waals surface area contributed by atoms with Crippen molar-refractivity contribution in [1.29, 1.82) is 0 Å². The van der Waals surface area contributed by atoms with Gasteiger partial charge in [0.05, 0.1) is 6.61 Å². The van der Waals surface area contributed by atoms with Crippen LogP contribution in [-0.2, 0) is 20.7 Å². The summed E-state index contributed by atoms with van der Waals surface area (Å²) in [5, 5.41) is 1.00. The Balaban J connectivity index is 1.67. The van der Waals surface area contributed by atoms with Gasteiger partial charge in [-0.25, -0.2) is 0 Å². The Labute approximate surface area is 183 Å². The first-order chi connectivity index (χ1) is 14.0. The van der Waals surface area contributed by atoms with Crippen LogP contribution in [0.25, 0.3) is 0 Å². The number of hydrogen-bond acceptors (Lipinski definition) is 3. The van der Waals surface area contributed by atoms with Crippen LogP contribution in [0.3, 0.4) is 0 Å². The van der Waals surface area contributed by atoms with Crippen LogP contribution in [-0.4, -0.2) is 18.4 Å². The number of hydrogen-bond donors (Lipinski definition) is 0. The smallest absolute Gasteiger partial charge is 0.316 e. The zero-order valence-electron chi connectivity index (χ0n) is 16.8. The highest BCUT2D eigenvalue weighted by Crippen LogP contribution is 2.38. The minimum absolute atomic E-state index is 0.00741. The Bertz CT molecular complexity index is 791. The molecule has 3 nitrogen and oxygen atoms in total. The average molecular weight is 435 g/mol. The van der Waals surface area contributed by atoms with Crippen LogP contribution < -0.4 is 0 Å². The van der Waals surface area contributed by atoms with Crippen LogP contribution in [0.2, 0.25) is 10.0 Å². The van der Waals surface area contributed by atoms with Gasteiger partial charge in [0.15, 0.2) is 5.78 Å². The summed E-state index contributed by atoms with van der Waals surface area (Å²) >= 11 is 12.3. The van der Waals surface area contributed by atoms with Crippen LogP contribution in [0.4, 0.5) is 0 Å². The van der Waals surface area contributed by atoms with Crippen molar-refractivity contribution in [1.82, 2.24) is 0 Å². The number of carbonyl (C=O) groups excluding carboxylic acids is 2. The molecule has 0 radical (unpaired) electrons. The Morgan fingerprint density at radius 3 is 2.52 bits per heavy atom. The first kappa shape index (κ1) is 22.1. The lowest BCUT2D eigenvalue weighted by molar-refractivity contribution is -0.153. The SMILES string of the molecule is CCOC(=O)C(Cc1ccc(Cl)cc1Cl)C(=O)C1CCC(C2C=CC=CC2)CC1. The van der Waals surface area contributed by atoms with Gasteiger partial charge in [-0.15, -0.1) is 0 Å². The molecule has 0 aliphatic heterocycles. The van der Waals surface area contributed by atoms with Gasteiger partial charge in [0.1, 0.15) is 5.92 Å². The molecule has 1 aromatic carbocycles. The van der Waals surface area contributed by atoms with Gasteiger partial charge in [-0.2, -0.15) is 0 Å². The van der Waals surface area contributed by atoms with E-state index in [1.54, 1.807) is 25.1 Å². The number of benzene rings is 1. The molecule has 2 atom stereocenters. The summed E-state index contributed by atoms with van der Waals surface area (Å²) in [6.45, 7) is 2.01. The number of ketones is 1. The number of ether oxygens (including phenoxy) is 1. The molecule has 0 amide bonds. The maximum atomic E-state index is 13.3. The van der Waals surface area contributed by atoms with Gasteiger partial charge in [0.25, 0.3) is 0 Å². The second-order valence-corrected chi connectivity index (χ2v) is 8.81. The summed E-state index contributed by atoms with van der Waals surface area (Å²) in [7, 11) is 0. The molecule has 3 rings (SSSR count). The van der Waals surface area contributed by atoms with Gasteiger partial charge in [-0.1, -0.05) is 53.6 Å². The minimum Gasteiger partial charge on any atom is -0.465 e. The molecular formula is C24H28Cl2O3. The zero-order chi connectivity index (χ0) is 20.8. The molecule has 1 aromatic rings. The van der Waals surface area contributed by atoms with Crippen molar-refractivity contribution >= 4 is 35.0 Å². The molecule has 5 heteroatoms. The van der Waals surface area contributed by atoms with Crippen LogP contribution in [0.5, 0.6) is 0 Å². The average Bonchev–Trinajstić information content (AvgIpc) is 2.73. The maximum Gasteiger partial charge on any atom is 0.316 e. The van der Waals surface area contributed by atoms with Gasteiger partial charge in [-0.05, 0) is 75.0 Å². The highest BCUT2D eigenvalue weighted by Gasteiger charge is 2.37. The summed E-state index contributed by atoms with van der Waals surface area (Å²) in [4.78, 5) is 25.9. The quantitative estimate of drug-likeness (QED) is 0.377. The molecule has 156 valence electrons. The molecule has 0 heterocycles. The number of Topliss-reactive ketones (excluding diaryl/α,β-unsaturated/α-hetero) is 1. The minimum atomic E-state index is -0.812. The monoisotopic (exact) mass is 434 g/mol. The van der Waals surface area contributed by atoms with E-state index in [1.165, 1.54) is 0 Å². The summed E-state index contributed by atoms with van der Waals surface area (Å²) in [5.74, 6) is -0.169. The number of esters is 1. The molecule has 0 aromatic heterocycles. The van der Waals surface area contributed by atoms with Gasteiger partial charge in [0, 0.05) is 16.0 Å². The fourth-order valence-electron chi connectivity index (χ4n) is 4.52. The van der Waals surface area contributed by atoms with Crippen LogP contribution in [0.1, 0.15) is 44.6 Å². The number of rotatable bonds is 7. The largest absolute Gasteiger partial charge is 0.465 e. The molecular weight excluding hydrogens is 407 g/mol. The van der Waals surface area contributed by atoms with Crippen molar-refractivity contribution in [2.75, 3.05) is 6.61 Å². The Hall–Kier alpha value is -1.58. The van der Waals surface area contributed by atoms with Crippen molar-refractivity contribution in [3.8, 4) is 0 Å². The molecule has 0 spiro atoms. The first-order valence-corrected chi connectivity index (χ1v) is 11.2. The van der Waals surface area contributed by atoms with Crippen LogP contribution >= 0.6 is 23.2 Å². The van der Waals surface area contributed by atoms with Crippen molar-refractivity contribution in [2.24, 2.45) is 23.7 Å². The third kappa shape index (κ3) is 5.73. The van der Waals surface area contributed by atoms with Gasteiger partial charge in [0.2, 0.25) is 0 Å². The zero-order valence-corrected chi connectivity index (χ0v) is 18.3. The van der Waals surface area contributed by atoms with E-state index < -0.39 is 11.9 Å². The lowest BCUT2D eigenvalue weighted by Gasteiger charge is -2.33. The van der Waals surface area contributed by atoms with Crippen LogP contribution in [0.15, 0.2) is 42.5 Å². The normalized spacial score (nSPS) is 24.9. The summed E-state index contributed by atoms with van der Waals surface area (Å²) < 4.78 is 5.22. The highest BCUT2D eigenvalue weighted by molar-refractivity contribution is 6.35. The second-order valence-electron chi connectivity index (χ2n) is 7.97. The topological polar surface area (TPSA) is 43.4 Å².